The molecule has 0 saturated heterocycles. The predicted octanol–water partition coefficient (Wildman–Crippen LogP) is 4.55. The first kappa shape index (κ1) is 16.0. The van der Waals surface area contributed by atoms with Gasteiger partial charge < -0.3 is 4.90 Å². The van der Waals surface area contributed by atoms with Crippen molar-refractivity contribution in [3.05, 3.63) is 51.3 Å². The average Bonchev–Trinajstić information content (AvgIpc) is 2.37. The van der Waals surface area contributed by atoms with E-state index in [4.69, 9.17) is 11.6 Å². The van der Waals surface area contributed by atoms with Crippen molar-refractivity contribution < 1.29 is 13.2 Å². The highest BCUT2D eigenvalue weighted by Crippen LogP contribution is 2.29. The molecule has 1 heterocycles. The average molecular weight is 381 g/mol. The molecule has 2 rings (SSSR count). The topological polar surface area (TPSA) is 29.0 Å². The van der Waals surface area contributed by atoms with E-state index in [1.54, 1.807) is 11.9 Å². The molecule has 1 aromatic heterocycles. The fourth-order valence-electron chi connectivity index (χ4n) is 1.72. The number of hydrogen-bond acceptors (Lipinski definition) is 3. The Morgan fingerprint density at radius 1 is 1.24 bits per heavy atom. The fraction of sp³-hybridized carbons (Fsp3) is 0.231. The van der Waals surface area contributed by atoms with Crippen molar-refractivity contribution in [1.29, 1.82) is 0 Å². The van der Waals surface area contributed by atoms with Crippen LogP contribution < -0.4 is 4.90 Å². The Hall–Kier alpha value is -1.34. The second-order valence-corrected chi connectivity index (χ2v) is 5.66. The van der Waals surface area contributed by atoms with E-state index >= 15 is 0 Å². The van der Waals surface area contributed by atoms with Gasteiger partial charge in [0.1, 0.15) is 11.0 Å². The van der Waals surface area contributed by atoms with E-state index in [1.807, 2.05) is 24.3 Å². The van der Waals surface area contributed by atoms with E-state index in [-0.39, 0.29) is 11.0 Å². The van der Waals surface area contributed by atoms with Gasteiger partial charge in [-0.25, -0.2) is 9.97 Å². The molecule has 0 aliphatic heterocycles. The number of rotatable bonds is 3. The Morgan fingerprint density at radius 3 is 2.57 bits per heavy atom. The lowest BCUT2D eigenvalue weighted by atomic mass is 10.2. The second kappa shape index (κ2) is 6.19. The molecule has 0 bridgehead atoms. The van der Waals surface area contributed by atoms with Crippen LogP contribution in [0, 0.1) is 0 Å². The third-order valence-electron chi connectivity index (χ3n) is 2.63. The summed E-state index contributed by atoms with van der Waals surface area (Å²) in [6.45, 7) is 0.393. The lowest BCUT2D eigenvalue weighted by molar-refractivity contribution is -0.144. The predicted molar refractivity (Wildman–Crippen MR) is 78.3 cm³/mol. The van der Waals surface area contributed by atoms with Gasteiger partial charge in [-0.2, -0.15) is 13.2 Å². The van der Waals surface area contributed by atoms with Crippen molar-refractivity contribution in [2.75, 3.05) is 11.9 Å². The summed E-state index contributed by atoms with van der Waals surface area (Å²) in [5.74, 6) is -1.13. The Kier molecular flexibility index (Phi) is 4.73. The summed E-state index contributed by atoms with van der Waals surface area (Å²) in [5.41, 5.74) is 0.926. The van der Waals surface area contributed by atoms with E-state index in [0.29, 0.717) is 6.54 Å². The van der Waals surface area contributed by atoms with Crippen LogP contribution in [0.3, 0.4) is 0 Å². The molecule has 0 amide bonds. The number of hydrogen-bond donors (Lipinski definition) is 0. The molecule has 21 heavy (non-hydrogen) atoms. The molecular weight excluding hydrogens is 371 g/mol. The molecule has 0 radical (unpaired) electrons. The zero-order valence-electron chi connectivity index (χ0n) is 10.8. The van der Waals surface area contributed by atoms with Gasteiger partial charge in [0.05, 0.1) is 0 Å². The molecule has 2 aromatic rings. The molecule has 0 spiro atoms. The molecule has 0 unspecified atom stereocenters. The number of aromatic nitrogens is 2. The maximum atomic E-state index is 12.7. The Labute approximate surface area is 132 Å². The van der Waals surface area contributed by atoms with Crippen LogP contribution in [0.25, 0.3) is 0 Å². The lowest BCUT2D eigenvalue weighted by Gasteiger charge is -2.19. The molecule has 3 nitrogen and oxygen atoms in total. The SMILES string of the molecule is CN(Cc1cccc(Br)c1)c1cc(Cl)nc(C(F)(F)F)n1. The number of nitrogens with zero attached hydrogens (tertiary/aromatic N) is 3. The maximum absolute atomic E-state index is 12.7. The van der Waals surface area contributed by atoms with Crippen LogP contribution >= 0.6 is 27.5 Å². The summed E-state index contributed by atoms with van der Waals surface area (Å²) in [6, 6.07) is 8.77. The van der Waals surface area contributed by atoms with Gasteiger partial charge in [0.15, 0.2) is 0 Å². The second-order valence-electron chi connectivity index (χ2n) is 4.36. The number of anilines is 1. The van der Waals surface area contributed by atoms with Crippen LogP contribution in [-0.2, 0) is 12.7 Å². The Balaban J connectivity index is 2.27. The maximum Gasteiger partial charge on any atom is 0.451 e. The first-order chi connectivity index (χ1) is 9.75. The summed E-state index contributed by atoms with van der Waals surface area (Å²) in [5, 5.41) is -0.242. The molecule has 112 valence electrons. The highest BCUT2D eigenvalue weighted by atomic mass is 79.9. The molecule has 0 saturated carbocycles. The lowest BCUT2D eigenvalue weighted by Crippen LogP contribution is -2.20. The minimum atomic E-state index is -4.63. The van der Waals surface area contributed by atoms with Gasteiger partial charge in [-0.05, 0) is 17.7 Å². The number of benzene rings is 1. The van der Waals surface area contributed by atoms with Gasteiger partial charge in [0.2, 0.25) is 5.82 Å². The monoisotopic (exact) mass is 379 g/mol. The van der Waals surface area contributed by atoms with Gasteiger partial charge in [-0.3, -0.25) is 0 Å². The van der Waals surface area contributed by atoms with Crippen LogP contribution in [0.2, 0.25) is 5.15 Å². The number of alkyl halides is 3. The third-order valence-corrected chi connectivity index (χ3v) is 3.32. The third kappa shape index (κ3) is 4.31. The largest absolute Gasteiger partial charge is 0.451 e. The van der Waals surface area contributed by atoms with Crippen molar-refractivity contribution in [3.63, 3.8) is 0 Å². The van der Waals surface area contributed by atoms with Crippen molar-refractivity contribution >= 4 is 33.3 Å². The first-order valence-electron chi connectivity index (χ1n) is 5.83. The number of halogens is 5. The van der Waals surface area contributed by atoms with Gasteiger partial charge in [-0.15, -0.1) is 0 Å². The fourth-order valence-corrected chi connectivity index (χ4v) is 2.34. The van der Waals surface area contributed by atoms with Crippen molar-refractivity contribution in [1.82, 2.24) is 9.97 Å². The molecule has 0 aliphatic rings. The van der Waals surface area contributed by atoms with Crippen molar-refractivity contribution in [2.24, 2.45) is 0 Å². The molecule has 0 fully saturated rings. The van der Waals surface area contributed by atoms with Crippen LogP contribution in [-0.4, -0.2) is 17.0 Å². The van der Waals surface area contributed by atoms with E-state index in [1.165, 1.54) is 6.07 Å². The van der Waals surface area contributed by atoms with Crippen LogP contribution in [0.5, 0.6) is 0 Å². The summed E-state index contributed by atoms with van der Waals surface area (Å²) in [7, 11) is 1.64. The van der Waals surface area contributed by atoms with Gasteiger partial charge in [0.25, 0.3) is 0 Å². The zero-order chi connectivity index (χ0) is 15.6. The standard InChI is InChI=1S/C13H10BrClF3N3/c1-21(7-8-3-2-4-9(14)5-8)11-6-10(15)19-12(20-11)13(16,17)18/h2-6H,7H2,1H3. The van der Waals surface area contributed by atoms with Crippen LogP contribution in [0.15, 0.2) is 34.8 Å². The van der Waals surface area contributed by atoms with Crippen LogP contribution in [0.4, 0.5) is 19.0 Å². The van der Waals surface area contributed by atoms with Gasteiger partial charge >= 0.3 is 6.18 Å². The minimum absolute atomic E-state index is 0.113. The molecular formula is C13H10BrClF3N3. The van der Waals surface area contributed by atoms with E-state index in [9.17, 15) is 13.2 Å². The summed E-state index contributed by atoms with van der Waals surface area (Å²) in [4.78, 5) is 8.29. The molecule has 8 heteroatoms. The van der Waals surface area contributed by atoms with E-state index < -0.39 is 12.0 Å². The molecule has 0 aliphatic carbocycles. The van der Waals surface area contributed by atoms with Crippen molar-refractivity contribution in [2.45, 2.75) is 12.7 Å². The van der Waals surface area contributed by atoms with Gasteiger partial charge in [-0.1, -0.05) is 39.7 Å². The smallest absolute Gasteiger partial charge is 0.355 e. The molecule has 0 N–H and O–H groups in total. The highest BCUT2D eigenvalue weighted by molar-refractivity contribution is 9.10. The summed E-state index contributed by atoms with van der Waals surface area (Å²) in [6.07, 6.45) is -4.63. The molecule has 1 aromatic carbocycles. The minimum Gasteiger partial charge on any atom is -0.355 e. The summed E-state index contributed by atoms with van der Waals surface area (Å²) >= 11 is 8.99. The normalized spacial score (nSPS) is 11.5. The Morgan fingerprint density at radius 2 is 1.95 bits per heavy atom. The molecule has 0 atom stereocenters. The first-order valence-corrected chi connectivity index (χ1v) is 7.00. The Bertz CT molecular complexity index is 649. The van der Waals surface area contributed by atoms with E-state index in [0.717, 1.165) is 10.0 Å². The highest BCUT2D eigenvalue weighted by Gasteiger charge is 2.35. The van der Waals surface area contributed by atoms with Crippen molar-refractivity contribution in [3.8, 4) is 0 Å². The van der Waals surface area contributed by atoms with E-state index in [2.05, 4.69) is 25.9 Å². The summed E-state index contributed by atoms with van der Waals surface area (Å²) < 4.78 is 38.9. The quantitative estimate of drug-likeness (QED) is 0.732. The van der Waals surface area contributed by atoms with Crippen LogP contribution in [0.1, 0.15) is 11.4 Å². The zero-order valence-corrected chi connectivity index (χ0v) is 13.2. The van der Waals surface area contributed by atoms with Gasteiger partial charge in [0, 0.05) is 24.1 Å².